The zero-order valence-electron chi connectivity index (χ0n) is 15.0. The maximum Gasteiger partial charge on any atom is 0.397 e. The van der Waals surface area contributed by atoms with Crippen LogP contribution in [0.2, 0.25) is 0 Å². The van der Waals surface area contributed by atoms with Gasteiger partial charge in [0.2, 0.25) is 0 Å². The van der Waals surface area contributed by atoms with Crippen LogP contribution in [-0.2, 0) is 27.4 Å². The van der Waals surface area contributed by atoms with Crippen molar-refractivity contribution >= 4 is 11.9 Å². The van der Waals surface area contributed by atoms with Crippen molar-refractivity contribution in [2.24, 2.45) is 5.41 Å². The van der Waals surface area contributed by atoms with E-state index in [1.54, 1.807) is 6.92 Å². The van der Waals surface area contributed by atoms with Gasteiger partial charge in [-0.15, -0.1) is 0 Å². The van der Waals surface area contributed by atoms with Gasteiger partial charge in [0.15, 0.2) is 0 Å². The van der Waals surface area contributed by atoms with Crippen molar-refractivity contribution in [2.45, 2.75) is 46.9 Å². The molecule has 5 nitrogen and oxygen atoms in total. The lowest BCUT2D eigenvalue weighted by Gasteiger charge is -2.26. The summed E-state index contributed by atoms with van der Waals surface area (Å²) >= 11 is 0. The summed E-state index contributed by atoms with van der Waals surface area (Å²) in [5.74, 6) is -1.54. The van der Waals surface area contributed by atoms with E-state index in [0.29, 0.717) is 6.54 Å². The number of ether oxygens (including phenoxy) is 1. The maximum atomic E-state index is 11.9. The van der Waals surface area contributed by atoms with E-state index >= 15 is 0 Å². The Morgan fingerprint density at radius 1 is 1.17 bits per heavy atom. The third-order valence-corrected chi connectivity index (χ3v) is 3.73. The number of carbonyl (C=O) groups excluding carboxylic acids is 2. The molecule has 23 heavy (non-hydrogen) atoms. The Bertz CT molecular complexity index is 547. The van der Waals surface area contributed by atoms with Crippen LogP contribution in [0.1, 0.15) is 38.8 Å². The van der Waals surface area contributed by atoms with Crippen LogP contribution >= 0.6 is 0 Å². The Morgan fingerprint density at radius 3 is 2.26 bits per heavy atom. The second kappa shape index (κ2) is 8.11. The van der Waals surface area contributed by atoms with Crippen LogP contribution in [0, 0.1) is 5.41 Å². The van der Waals surface area contributed by atoms with Crippen molar-refractivity contribution in [1.82, 2.24) is 10.2 Å². The van der Waals surface area contributed by atoms with Gasteiger partial charge in [-0.2, -0.15) is 0 Å². The Hall–Kier alpha value is -1.88. The maximum absolute atomic E-state index is 11.9. The normalized spacial score (nSPS) is 12.8. The largest absolute Gasteiger partial charge is 0.455 e. The van der Waals surface area contributed by atoms with Gasteiger partial charge in [-0.1, -0.05) is 45.0 Å². The molecule has 1 atom stereocenters. The molecule has 1 N–H and O–H groups in total. The molecule has 0 aliphatic carbocycles. The molecule has 0 aliphatic heterocycles. The molecule has 1 amide bonds. The quantitative estimate of drug-likeness (QED) is 0.668. The van der Waals surface area contributed by atoms with Gasteiger partial charge >= 0.3 is 11.9 Å². The summed E-state index contributed by atoms with van der Waals surface area (Å²) in [7, 11) is 3.97. The van der Waals surface area contributed by atoms with Gasteiger partial charge in [0.05, 0.1) is 0 Å². The van der Waals surface area contributed by atoms with Crippen LogP contribution in [0.5, 0.6) is 0 Å². The molecule has 5 heteroatoms. The summed E-state index contributed by atoms with van der Waals surface area (Å²) < 4.78 is 5.20. The van der Waals surface area contributed by atoms with E-state index in [1.165, 1.54) is 0 Å². The SMILES string of the molecule is C[C@@H](OC(=O)C(=O)NCc1ccccc1CN(C)C)C(C)(C)C. The fourth-order valence-corrected chi connectivity index (χ4v) is 1.86. The summed E-state index contributed by atoms with van der Waals surface area (Å²) in [5.41, 5.74) is 1.91. The first kappa shape index (κ1) is 19.2. The summed E-state index contributed by atoms with van der Waals surface area (Å²) in [5, 5.41) is 2.64. The van der Waals surface area contributed by atoms with Crippen LogP contribution in [0.25, 0.3) is 0 Å². The number of hydrogen-bond acceptors (Lipinski definition) is 4. The topological polar surface area (TPSA) is 58.6 Å². The summed E-state index contributed by atoms with van der Waals surface area (Å²) in [6.07, 6.45) is -0.332. The first-order valence-electron chi connectivity index (χ1n) is 7.81. The molecule has 0 radical (unpaired) electrons. The van der Waals surface area contributed by atoms with Crippen molar-refractivity contribution in [3.63, 3.8) is 0 Å². The van der Waals surface area contributed by atoms with Crippen LogP contribution in [0.4, 0.5) is 0 Å². The zero-order chi connectivity index (χ0) is 17.6. The summed E-state index contributed by atoms with van der Waals surface area (Å²) in [6, 6.07) is 7.84. The number of carbonyl (C=O) groups is 2. The predicted molar refractivity (Wildman–Crippen MR) is 90.7 cm³/mol. The lowest BCUT2D eigenvalue weighted by Crippen LogP contribution is -2.37. The Balaban J connectivity index is 2.61. The highest BCUT2D eigenvalue weighted by molar-refractivity contribution is 6.32. The molecule has 0 fully saturated rings. The third kappa shape index (κ3) is 6.40. The van der Waals surface area contributed by atoms with Crippen molar-refractivity contribution in [1.29, 1.82) is 0 Å². The minimum Gasteiger partial charge on any atom is -0.455 e. The number of benzene rings is 1. The molecule has 1 rings (SSSR count). The highest BCUT2D eigenvalue weighted by Gasteiger charge is 2.26. The van der Waals surface area contributed by atoms with Gasteiger partial charge in [0.1, 0.15) is 6.10 Å². The molecule has 0 unspecified atom stereocenters. The number of nitrogens with zero attached hydrogens (tertiary/aromatic N) is 1. The second-order valence-electron chi connectivity index (χ2n) is 7.10. The molecule has 1 aromatic carbocycles. The summed E-state index contributed by atoms with van der Waals surface area (Å²) in [6.45, 7) is 8.75. The average molecular weight is 320 g/mol. The van der Waals surface area contributed by atoms with Crippen LogP contribution in [0.3, 0.4) is 0 Å². The summed E-state index contributed by atoms with van der Waals surface area (Å²) in [4.78, 5) is 25.8. The van der Waals surface area contributed by atoms with E-state index in [1.807, 2.05) is 59.1 Å². The number of nitrogens with one attached hydrogen (secondary N) is 1. The number of hydrogen-bond donors (Lipinski definition) is 1. The molecule has 0 saturated heterocycles. The van der Waals surface area contributed by atoms with E-state index in [2.05, 4.69) is 10.2 Å². The third-order valence-electron chi connectivity index (χ3n) is 3.73. The van der Waals surface area contributed by atoms with E-state index in [9.17, 15) is 9.59 Å². The number of amides is 1. The molecule has 0 heterocycles. The highest BCUT2D eigenvalue weighted by Crippen LogP contribution is 2.21. The minimum atomic E-state index is -0.836. The van der Waals surface area contributed by atoms with Crippen LogP contribution in [0.15, 0.2) is 24.3 Å². The molecular formula is C18H28N2O3. The standard InChI is InChI=1S/C18H28N2O3/c1-13(18(2,3)4)23-17(22)16(21)19-11-14-9-7-8-10-15(14)12-20(5)6/h7-10,13H,11-12H2,1-6H3,(H,19,21)/t13-/m1/s1. The van der Waals surface area contributed by atoms with Gasteiger partial charge in [-0.05, 0) is 37.6 Å². The van der Waals surface area contributed by atoms with Crippen LogP contribution in [-0.4, -0.2) is 37.0 Å². The first-order valence-corrected chi connectivity index (χ1v) is 7.81. The van der Waals surface area contributed by atoms with Gasteiger partial charge in [-0.3, -0.25) is 4.79 Å². The molecule has 128 valence electrons. The van der Waals surface area contributed by atoms with Gasteiger partial charge in [-0.25, -0.2) is 4.79 Å². The first-order chi connectivity index (χ1) is 10.6. The Kier molecular flexibility index (Phi) is 6.76. The minimum absolute atomic E-state index is 0.200. The zero-order valence-corrected chi connectivity index (χ0v) is 15.0. The number of rotatable bonds is 5. The Labute approximate surface area is 139 Å². The van der Waals surface area contributed by atoms with E-state index in [-0.39, 0.29) is 11.5 Å². The number of esters is 1. The monoisotopic (exact) mass is 320 g/mol. The van der Waals surface area contributed by atoms with E-state index < -0.39 is 11.9 Å². The molecular weight excluding hydrogens is 292 g/mol. The second-order valence-corrected chi connectivity index (χ2v) is 7.10. The highest BCUT2D eigenvalue weighted by atomic mass is 16.5. The lowest BCUT2D eigenvalue weighted by atomic mass is 9.90. The van der Waals surface area contributed by atoms with Crippen molar-refractivity contribution in [3.05, 3.63) is 35.4 Å². The van der Waals surface area contributed by atoms with Crippen molar-refractivity contribution in [3.8, 4) is 0 Å². The van der Waals surface area contributed by atoms with Gasteiger partial charge in [0, 0.05) is 13.1 Å². The van der Waals surface area contributed by atoms with E-state index in [0.717, 1.165) is 17.7 Å². The molecule has 1 aromatic rings. The fourth-order valence-electron chi connectivity index (χ4n) is 1.86. The van der Waals surface area contributed by atoms with Gasteiger partial charge < -0.3 is 15.0 Å². The fraction of sp³-hybridized carbons (Fsp3) is 0.556. The molecule has 0 saturated carbocycles. The van der Waals surface area contributed by atoms with Crippen molar-refractivity contribution < 1.29 is 14.3 Å². The molecule has 0 aromatic heterocycles. The van der Waals surface area contributed by atoms with Gasteiger partial charge in [0.25, 0.3) is 0 Å². The lowest BCUT2D eigenvalue weighted by molar-refractivity contribution is -0.162. The van der Waals surface area contributed by atoms with Crippen LogP contribution < -0.4 is 5.32 Å². The molecule has 0 aliphatic rings. The predicted octanol–water partition coefficient (Wildman–Crippen LogP) is 2.34. The smallest absolute Gasteiger partial charge is 0.397 e. The van der Waals surface area contributed by atoms with Crippen molar-refractivity contribution in [2.75, 3.05) is 14.1 Å². The van der Waals surface area contributed by atoms with E-state index in [4.69, 9.17) is 4.74 Å². The molecule has 0 bridgehead atoms. The Morgan fingerprint density at radius 2 is 1.74 bits per heavy atom. The molecule has 0 spiro atoms. The average Bonchev–Trinajstić information content (AvgIpc) is 2.44.